The molecule has 0 radical (unpaired) electrons. The van der Waals surface area contributed by atoms with Crippen LogP contribution in [0.3, 0.4) is 0 Å². The summed E-state index contributed by atoms with van der Waals surface area (Å²) < 4.78 is 4.80. The number of carbonyl (C=O) groups is 1. The molecular formula is C11H10N4O4. The maximum absolute atomic E-state index is 11.8. The van der Waals surface area contributed by atoms with Gasteiger partial charge in [-0.25, -0.2) is 0 Å². The second-order valence-electron chi connectivity index (χ2n) is 3.81. The molecule has 19 heavy (non-hydrogen) atoms. The summed E-state index contributed by atoms with van der Waals surface area (Å²) in [6.45, 7) is 1.69. The van der Waals surface area contributed by atoms with Crippen LogP contribution in [0.5, 0.6) is 0 Å². The van der Waals surface area contributed by atoms with Gasteiger partial charge in [-0.05, 0) is 19.1 Å². The predicted octanol–water partition coefficient (Wildman–Crippen LogP) is 1.73. The van der Waals surface area contributed by atoms with E-state index in [0.29, 0.717) is 5.76 Å². The van der Waals surface area contributed by atoms with Gasteiger partial charge in [-0.1, -0.05) is 5.16 Å². The van der Waals surface area contributed by atoms with Crippen molar-refractivity contribution < 1.29 is 14.2 Å². The lowest BCUT2D eigenvalue weighted by Gasteiger charge is -2.03. The molecule has 0 saturated carbocycles. The van der Waals surface area contributed by atoms with Crippen molar-refractivity contribution in [3.8, 4) is 0 Å². The van der Waals surface area contributed by atoms with Gasteiger partial charge in [0.25, 0.3) is 11.6 Å². The largest absolute Gasteiger partial charge is 0.393 e. The van der Waals surface area contributed by atoms with Crippen LogP contribution in [0.25, 0.3) is 0 Å². The fourth-order valence-corrected chi connectivity index (χ4v) is 1.48. The number of amides is 1. The number of carbonyl (C=O) groups excluding carboxylic acids is 1. The molecule has 0 unspecified atom stereocenters. The van der Waals surface area contributed by atoms with Crippen molar-refractivity contribution in [1.29, 1.82) is 0 Å². The van der Waals surface area contributed by atoms with Gasteiger partial charge >= 0.3 is 0 Å². The molecule has 2 aromatic rings. The van der Waals surface area contributed by atoms with E-state index in [1.54, 1.807) is 13.0 Å². The van der Waals surface area contributed by atoms with Crippen LogP contribution in [0.15, 0.2) is 28.8 Å². The molecule has 98 valence electrons. The Morgan fingerprint density at radius 3 is 2.74 bits per heavy atom. The number of hydrogen-bond donors (Lipinski definition) is 2. The van der Waals surface area contributed by atoms with Gasteiger partial charge < -0.3 is 15.6 Å². The Morgan fingerprint density at radius 2 is 2.21 bits per heavy atom. The second kappa shape index (κ2) is 4.77. The van der Waals surface area contributed by atoms with Crippen LogP contribution in [0.2, 0.25) is 0 Å². The van der Waals surface area contributed by atoms with Crippen molar-refractivity contribution in [2.75, 3.05) is 11.1 Å². The van der Waals surface area contributed by atoms with Crippen molar-refractivity contribution >= 4 is 23.1 Å². The van der Waals surface area contributed by atoms with E-state index in [2.05, 4.69) is 10.5 Å². The molecule has 0 atom stereocenters. The van der Waals surface area contributed by atoms with Crippen molar-refractivity contribution in [3.63, 3.8) is 0 Å². The number of hydrogen-bond acceptors (Lipinski definition) is 6. The lowest BCUT2D eigenvalue weighted by atomic mass is 10.1. The summed E-state index contributed by atoms with van der Waals surface area (Å²) in [4.78, 5) is 21.8. The number of rotatable bonds is 3. The highest BCUT2D eigenvalue weighted by Gasteiger charge is 2.15. The maximum atomic E-state index is 11.8. The Kier molecular flexibility index (Phi) is 3.15. The van der Waals surface area contributed by atoms with Crippen molar-refractivity contribution in [2.24, 2.45) is 0 Å². The summed E-state index contributed by atoms with van der Waals surface area (Å²) in [5, 5.41) is 16.7. The zero-order valence-electron chi connectivity index (χ0n) is 9.91. The number of nitro benzene ring substituents is 1. The topological polar surface area (TPSA) is 124 Å². The number of aromatic nitrogens is 1. The second-order valence-corrected chi connectivity index (χ2v) is 3.81. The third kappa shape index (κ3) is 2.68. The van der Waals surface area contributed by atoms with Crippen LogP contribution in [0.4, 0.5) is 17.2 Å². The molecule has 1 aromatic heterocycles. The molecule has 0 spiro atoms. The molecule has 0 aliphatic heterocycles. The summed E-state index contributed by atoms with van der Waals surface area (Å²) in [5.74, 6) is 0.341. The summed E-state index contributed by atoms with van der Waals surface area (Å²) in [6.07, 6.45) is 0. The van der Waals surface area contributed by atoms with Gasteiger partial charge in [0, 0.05) is 17.7 Å². The molecule has 3 N–H and O–H groups in total. The average Bonchev–Trinajstić information content (AvgIpc) is 2.74. The van der Waals surface area contributed by atoms with Crippen LogP contribution in [-0.4, -0.2) is 16.0 Å². The molecule has 2 rings (SSSR count). The van der Waals surface area contributed by atoms with E-state index in [4.69, 9.17) is 10.3 Å². The van der Waals surface area contributed by atoms with Crippen LogP contribution in [-0.2, 0) is 0 Å². The van der Waals surface area contributed by atoms with Crippen LogP contribution < -0.4 is 11.1 Å². The number of nitrogen functional groups attached to an aromatic ring is 1. The summed E-state index contributed by atoms with van der Waals surface area (Å²) in [6, 6.07) is 5.28. The summed E-state index contributed by atoms with van der Waals surface area (Å²) >= 11 is 0. The number of aryl methyl sites for hydroxylation is 1. The molecule has 0 bridgehead atoms. The zero-order valence-corrected chi connectivity index (χ0v) is 9.91. The first-order chi connectivity index (χ1) is 8.97. The standard InChI is InChI=1S/C11H10N4O4/c1-6-4-10(14-19-6)13-11(16)7-2-3-9(15(17)18)8(12)5-7/h2-5H,12H2,1H3,(H,13,14,16). The number of nitrogens with one attached hydrogen (secondary N) is 1. The monoisotopic (exact) mass is 262 g/mol. The predicted molar refractivity (Wildman–Crippen MR) is 66.7 cm³/mol. The van der Waals surface area contributed by atoms with Gasteiger partial charge in [0.2, 0.25) is 0 Å². The molecule has 1 heterocycles. The quantitative estimate of drug-likeness (QED) is 0.493. The third-order valence-electron chi connectivity index (χ3n) is 2.36. The van der Waals surface area contributed by atoms with Crippen molar-refractivity contribution in [2.45, 2.75) is 6.92 Å². The van der Waals surface area contributed by atoms with E-state index >= 15 is 0 Å². The fourth-order valence-electron chi connectivity index (χ4n) is 1.48. The smallest absolute Gasteiger partial charge is 0.292 e. The molecule has 1 aromatic carbocycles. The van der Waals surface area contributed by atoms with Crippen molar-refractivity contribution in [3.05, 3.63) is 45.7 Å². The molecule has 0 aliphatic rings. The minimum atomic E-state index is -0.613. The highest BCUT2D eigenvalue weighted by molar-refractivity contribution is 6.04. The molecule has 0 fully saturated rings. The highest BCUT2D eigenvalue weighted by Crippen LogP contribution is 2.22. The SMILES string of the molecule is Cc1cc(NC(=O)c2ccc([N+](=O)[O-])c(N)c2)no1. The zero-order chi connectivity index (χ0) is 14.0. The van der Waals surface area contributed by atoms with E-state index in [-0.39, 0.29) is 22.8 Å². The Hall–Kier alpha value is -2.90. The van der Waals surface area contributed by atoms with Gasteiger partial charge in [-0.15, -0.1) is 0 Å². The molecule has 0 aliphatic carbocycles. The fraction of sp³-hybridized carbons (Fsp3) is 0.0909. The number of nitrogens with two attached hydrogens (primary N) is 1. The lowest BCUT2D eigenvalue weighted by molar-refractivity contribution is -0.383. The first kappa shape index (κ1) is 12.6. The van der Waals surface area contributed by atoms with E-state index < -0.39 is 10.8 Å². The Morgan fingerprint density at radius 1 is 1.47 bits per heavy atom. The number of anilines is 2. The van der Waals surface area contributed by atoms with Gasteiger partial charge in [0.15, 0.2) is 5.82 Å². The lowest BCUT2D eigenvalue weighted by Crippen LogP contribution is -2.12. The Labute approximate surface area is 107 Å². The number of nitrogens with zero attached hydrogens (tertiary/aromatic N) is 2. The summed E-state index contributed by atoms with van der Waals surface area (Å²) in [5.41, 5.74) is 5.38. The Bertz CT molecular complexity index is 650. The molecule has 8 heteroatoms. The molecule has 0 saturated heterocycles. The Balaban J connectivity index is 2.20. The van der Waals surface area contributed by atoms with Gasteiger partial charge in [-0.3, -0.25) is 14.9 Å². The summed E-state index contributed by atoms with van der Waals surface area (Å²) in [7, 11) is 0. The van der Waals surface area contributed by atoms with Crippen LogP contribution >= 0.6 is 0 Å². The van der Waals surface area contributed by atoms with Crippen LogP contribution in [0, 0.1) is 17.0 Å². The highest BCUT2D eigenvalue weighted by atomic mass is 16.6. The number of benzene rings is 1. The number of nitro groups is 1. The van der Waals surface area contributed by atoms with Crippen molar-refractivity contribution in [1.82, 2.24) is 5.16 Å². The first-order valence-corrected chi connectivity index (χ1v) is 5.26. The maximum Gasteiger partial charge on any atom is 0.292 e. The molecule has 8 nitrogen and oxygen atoms in total. The van der Waals surface area contributed by atoms with E-state index in [0.717, 1.165) is 0 Å². The molecular weight excluding hydrogens is 252 g/mol. The normalized spacial score (nSPS) is 10.2. The van der Waals surface area contributed by atoms with Gasteiger partial charge in [-0.2, -0.15) is 0 Å². The van der Waals surface area contributed by atoms with E-state index in [1.165, 1.54) is 18.2 Å². The van der Waals surface area contributed by atoms with E-state index in [1.807, 2.05) is 0 Å². The van der Waals surface area contributed by atoms with Gasteiger partial charge in [0.1, 0.15) is 11.4 Å². The average molecular weight is 262 g/mol. The van der Waals surface area contributed by atoms with Crippen LogP contribution in [0.1, 0.15) is 16.1 Å². The minimum Gasteiger partial charge on any atom is -0.393 e. The minimum absolute atomic E-state index is 0.0750. The van der Waals surface area contributed by atoms with Gasteiger partial charge in [0.05, 0.1) is 4.92 Å². The molecule has 1 amide bonds. The van der Waals surface area contributed by atoms with E-state index in [9.17, 15) is 14.9 Å². The third-order valence-corrected chi connectivity index (χ3v) is 2.36. The first-order valence-electron chi connectivity index (χ1n) is 5.26.